The van der Waals surface area contributed by atoms with Crippen LogP contribution in [0.15, 0.2) is 59.6 Å². The van der Waals surface area contributed by atoms with E-state index in [0.717, 1.165) is 29.7 Å². The second-order valence-electron chi connectivity index (χ2n) is 6.96. The monoisotopic (exact) mass is 457 g/mol. The number of anilines is 1. The minimum atomic E-state index is -0.0554. The summed E-state index contributed by atoms with van der Waals surface area (Å²) in [5, 5.41) is 8.98. The molecule has 0 unspecified atom stereocenters. The van der Waals surface area contributed by atoms with Gasteiger partial charge in [0.25, 0.3) is 0 Å². The number of hydrogen-bond donors (Lipinski definition) is 2. The fourth-order valence-corrected chi connectivity index (χ4v) is 3.31. The van der Waals surface area contributed by atoms with E-state index in [0.29, 0.717) is 5.02 Å². The first-order chi connectivity index (χ1) is 12.5. The van der Waals surface area contributed by atoms with Gasteiger partial charge in [0.2, 0.25) is 0 Å². The summed E-state index contributed by atoms with van der Waals surface area (Å²) in [6.07, 6.45) is 3.91. The zero-order chi connectivity index (χ0) is 18.6. The molecule has 28 heavy (non-hydrogen) atoms. The van der Waals surface area contributed by atoms with Crippen LogP contribution in [0.1, 0.15) is 19.4 Å². The Kier molecular flexibility index (Phi) is 9.88. The van der Waals surface area contributed by atoms with Crippen molar-refractivity contribution >= 4 is 64.8 Å². The van der Waals surface area contributed by atoms with Crippen LogP contribution in [0.3, 0.4) is 0 Å². The van der Waals surface area contributed by atoms with Crippen molar-refractivity contribution in [3.63, 3.8) is 0 Å². The van der Waals surface area contributed by atoms with Crippen molar-refractivity contribution in [3.8, 4) is 0 Å². The zero-order valence-electron chi connectivity index (χ0n) is 16.2. The Balaban J connectivity index is 0.00000196. The minimum absolute atomic E-state index is 0. The molecule has 0 atom stereocenters. The van der Waals surface area contributed by atoms with Gasteiger partial charge in [-0.2, -0.15) is 0 Å². The molecule has 2 aromatic carbocycles. The number of benzene rings is 2. The Hall–Kier alpha value is -1.17. The summed E-state index contributed by atoms with van der Waals surface area (Å²) in [5.74, 6) is 0. The molecule has 0 saturated heterocycles. The van der Waals surface area contributed by atoms with Crippen LogP contribution < -0.4 is 10.6 Å². The molecule has 0 saturated carbocycles. The lowest BCUT2D eigenvalue weighted by Crippen LogP contribution is -2.44. The smallest absolute Gasteiger partial charge is 0.0737 e. The van der Waals surface area contributed by atoms with Crippen LogP contribution >= 0.6 is 48.2 Å². The van der Waals surface area contributed by atoms with E-state index in [1.165, 1.54) is 10.5 Å². The zero-order valence-corrected chi connectivity index (χ0v) is 19.4. The molecule has 0 aliphatic rings. The third kappa shape index (κ3) is 6.71. The number of thioether (sulfide) groups is 1. The second kappa shape index (κ2) is 11.1. The van der Waals surface area contributed by atoms with Gasteiger partial charge in [0.15, 0.2) is 0 Å². The highest BCUT2D eigenvalue weighted by Crippen LogP contribution is 2.25. The number of hydrogen-bond acceptors (Lipinski definition) is 4. The first-order valence-electron chi connectivity index (χ1n) is 8.63. The minimum Gasteiger partial charge on any atom is -0.383 e. The molecule has 7 heteroatoms. The lowest BCUT2D eigenvalue weighted by atomic mass is 10.0. The van der Waals surface area contributed by atoms with Crippen molar-refractivity contribution in [1.29, 1.82) is 0 Å². The molecule has 3 aromatic rings. The molecule has 0 radical (unpaired) electrons. The lowest BCUT2D eigenvalue weighted by Gasteiger charge is -2.27. The van der Waals surface area contributed by atoms with Crippen molar-refractivity contribution < 1.29 is 0 Å². The molecular weight excluding hydrogens is 433 g/mol. The van der Waals surface area contributed by atoms with Crippen LogP contribution in [0.4, 0.5) is 5.69 Å². The van der Waals surface area contributed by atoms with Gasteiger partial charge in [-0.1, -0.05) is 23.7 Å². The lowest BCUT2D eigenvalue weighted by molar-refractivity contribution is 0.407. The van der Waals surface area contributed by atoms with Crippen LogP contribution in [-0.4, -0.2) is 23.3 Å². The Morgan fingerprint density at radius 3 is 2.43 bits per heavy atom. The number of halogens is 3. The van der Waals surface area contributed by atoms with Gasteiger partial charge in [-0.25, -0.2) is 0 Å². The van der Waals surface area contributed by atoms with Crippen LogP contribution in [0, 0.1) is 0 Å². The number of pyridine rings is 1. The van der Waals surface area contributed by atoms with E-state index in [1.54, 1.807) is 11.8 Å². The maximum Gasteiger partial charge on any atom is 0.0737 e. The molecule has 0 aliphatic heterocycles. The summed E-state index contributed by atoms with van der Waals surface area (Å²) in [4.78, 5) is 5.69. The summed E-state index contributed by atoms with van der Waals surface area (Å²) in [7, 11) is 0. The van der Waals surface area contributed by atoms with Crippen molar-refractivity contribution in [2.75, 3.05) is 18.1 Å². The molecule has 0 spiro atoms. The van der Waals surface area contributed by atoms with E-state index < -0.39 is 0 Å². The maximum absolute atomic E-state index is 6.07. The van der Waals surface area contributed by atoms with Gasteiger partial charge < -0.3 is 10.6 Å². The fraction of sp³-hybridized carbons (Fsp3) is 0.286. The van der Waals surface area contributed by atoms with Gasteiger partial charge >= 0.3 is 0 Å². The van der Waals surface area contributed by atoms with E-state index in [2.05, 4.69) is 60.0 Å². The van der Waals surface area contributed by atoms with Crippen LogP contribution in [0.25, 0.3) is 10.9 Å². The number of aromatic nitrogens is 1. The Bertz CT molecular complexity index is 886. The van der Waals surface area contributed by atoms with E-state index in [-0.39, 0.29) is 30.4 Å². The van der Waals surface area contributed by atoms with Crippen molar-refractivity contribution in [2.24, 2.45) is 0 Å². The average Bonchev–Trinajstić information content (AvgIpc) is 2.65. The normalized spacial score (nSPS) is 10.9. The second-order valence-corrected chi connectivity index (χ2v) is 8.28. The van der Waals surface area contributed by atoms with Crippen molar-refractivity contribution in [2.45, 2.75) is 30.8 Å². The van der Waals surface area contributed by atoms with Gasteiger partial charge in [-0.15, -0.1) is 36.6 Å². The Labute approximate surface area is 188 Å². The Morgan fingerprint density at radius 1 is 1.04 bits per heavy atom. The molecule has 152 valence electrons. The maximum atomic E-state index is 6.07. The first-order valence-corrected chi connectivity index (χ1v) is 10.2. The summed E-state index contributed by atoms with van der Waals surface area (Å²) in [5.41, 5.74) is 3.22. The third-order valence-corrected chi connectivity index (χ3v) is 5.33. The topological polar surface area (TPSA) is 37.0 Å². The SMILES string of the molecule is CSc1ccc(CNC(C)(C)CNc2ccnc3cc(Cl)ccc23)cc1.Cl.Cl. The standard InChI is InChI=1S/C21H24ClN3S.2ClH/c1-21(2,25-13-15-4-7-17(26-3)8-5-15)14-24-19-10-11-23-20-12-16(22)6-9-18(19)20;;/h4-12,25H,13-14H2,1-3H3,(H,23,24);2*1H. The predicted molar refractivity (Wildman–Crippen MR) is 129 cm³/mol. The fourth-order valence-electron chi connectivity index (χ4n) is 2.74. The van der Waals surface area contributed by atoms with E-state index in [9.17, 15) is 0 Å². The average molecular weight is 459 g/mol. The third-order valence-electron chi connectivity index (χ3n) is 4.36. The number of nitrogens with one attached hydrogen (secondary N) is 2. The number of nitrogens with zero attached hydrogens (tertiary/aromatic N) is 1. The highest BCUT2D eigenvalue weighted by molar-refractivity contribution is 7.98. The number of fused-ring (bicyclic) bond motifs is 1. The highest BCUT2D eigenvalue weighted by atomic mass is 35.5. The summed E-state index contributed by atoms with van der Waals surface area (Å²) < 4.78 is 0. The first kappa shape index (κ1) is 24.9. The molecule has 1 aromatic heterocycles. The molecule has 0 fully saturated rings. The van der Waals surface area contributed by atoms with E-state index >= 15 is 0 Å². The number of rotatable bonds is 7. The molecule has 2 N–H and O–H groups in total. The Morgan fingerprint density at radius 2 is 1.75 bits per heavy atom. The van der Waals surface area contributed by atoms with Gasteiger partial charge in [-0.3, -0.25) is 4.98 Å². The largest absolute Gasteiger partial charge is 0.383 e. The van der Waals surface area contributed by atoms with Gasteiger partial charge in [0.1, 0.15) is 0 Å². The highest BCUT2D eigenvalue weighted by Gasteiger charge is 2.17. The molecular formula is C21H26Cl3N3S. The summed E-state index contributed by atoms with van der Waals surface area (Å²) in [6.45, 7) is 6.06. The quantitative estimate of drug-likeness (QED) is 0.400. The molecule has 0 amide bonds. The molecule has 1 heterocycles. The summed E-state index contributed by atoms with van der Waals surface area (Å²) in [6, 6.07) is 16.5. The van der Waals surface area contributed by atoms with Gasteiger partial charge in [0.05, 0.1) is 5.52 Å². The summed E-state index contributed by atoms with van der Waals surface area (Å²) >= 11 is 7.83. The van der Waals surface area contributed by atoms with Crippen molar-refractivity contribution in [3.05, 3.63) is 65.3 Å². The molecule has 3 rings (SSSR count). The van der Waals surface area contributed by atoms with Crippen LogP contribution in [-0.2, 0) is 6.54 Å². The van der Waals surface area contributed by atoms with Gasteiger partial charge in [0, 0.05) is 45.8 Å². The van der Waals surface area contributed by atoms with E-state index in [4.69, 9.17) is 11.6 Å². The molecule has 0 aliphatic carbocycles. The van der Waals surface area contributed by atoms with Crippen molar-refractivity contribution in [1.82, 2.24) is 10.3 Å². The molecule has 0 bridgehead atoms. The molecule has 3 nitrogen and oxygen atoms in total. The predicted octanol–water partition coefficient (Wildman–Crippen LogP) is 6.43. The van der Waals surface area contributed by atoms with Gasteiger partial charge in [-0.05, 0) is 62.1 Å². The van der Waals surface area contributed by atoms with Crippen LogP contribution in [0.5, 0.6) is 0 Å². The van der Waals surface area contributed by atoms with E-state index in [1.807, 2.05) is 30.5 Å². The van der Waals surface area contributed by atoms with Crippen LogP contribution in [0.2, 0.25) is 5.02 Å².